The number of hydrogen-bond donors (Lipinski definition) is 1. The molecule has 3 nitrogen and oxygen atoms in total. The first-order valence-electron chi connectivity index (χ1n) is 8.18. The van der Waals surface area contributed by atoms with Gasteiger partial charge in [-0.15, -0.1) is 0 Å². The van der Waals surface area contributed by atoms with Gasteiger partial charge in [-0.05, 0) is 43.9 Å². The van der Waals surface area contributed by atoms with E-state index in [1.165, 1.54) is 44.9 Å². The van der Waals surface area contributed by atoms with Crippen LogP contribution < -0.4 is 5.32 Å². The maximum absolute atomic E-state index is 12.0. The molecule has 1 N–H and O–H groups in total. The zero-order valence-electron chi connectivity index (χ0n) is 12.7. The summed E-state index contributed by atoms with van der Waals surface area (Å²) in [5, 5.41) is 3.51. The van der Waals surface area contributed by atoms with Crippen LogP contribution in [0.15, 0.2) is 0 Å². The molecular formula is C16H30N2O. The Labute approximate surface area is 118 Å². The van der Waals surface area contributed by atoms with Crippen molar-refractivity contribution >= 4 is 5.91 Å². The standard InChI is InChI=1S/C16H30N2O/c1-13(2)14-6-5-7-15(9-8-14)17-12-16(19)18-10-3-4-11-18/h13-15,17H,3-12H2,1-2H3. The van der Waals surface area contributed by atoms with Gasteiger partial charge in [0, 0.05) is 19.1 Å². The lowest BCUT2D eigenvalue weighted by atomic mass is 9.89. The van der Waals surface area contributed by atoms with Gasteiger partial charge in [0.05, 0.1) is 6.54 Å². The fourth-order valence-corrected chi connectivity index (χ4v) is 3.51. The first kappa shape index (κ1) is 14.8. The molecule has 2 unspecified atom stereocenters. The minimum absolute atomic E-state index is 0.308. The van der Waals surface area contributed by atoms with Gasteiger partial charge >= 0.3 is 0 Å². The Morgan fingerprint density at radius 1 is 1.11 bits per heavy atom. The highest BCUT2D eigenvalue weighted by Crippen LogP contribution is 2.28. The van der Waals surface area contributed by atoms with Crippen LogP contribution in [-0.2, 0) is 4.79 Å². The van der Waals surface area contributed by atoms with E-state index in [4.69, 9.17) is 0 Å². The van der Waals surface area contributed by atoms with Crippen LogP contribution >= 0.6 is 0 Å². The van der Waals surface area contributed by atoms with E-state index in [0.717, 1.165) is 24.9 Å². The SMILES string of the molecule is CC(C)C1CCCC(NCC(=O)N2CCCC2)CC1. The van der Waals surface area contributed by atoms with Gasteiger partial charge in [0.15, 0.2) is 0 Å². The normalized spacial score (nSPS) is 28.7. The third-order valence-corrected chi connectivity index (χ3v) is 4.96. The van der Waals surface area contributed by atoms with Gasteiger partial charge in [0.2, 0.25) is 5.91 Å². The summed E-state index contributed by atoms with van der Waals surface area (Å²) in [5.74, 6) is 2.01. The van der Waals surface area contributed by atoms with Crippen LogP contribution in [0.5, 0.6) is 0 Å². The zero-order chi connectivity index (χ0) is 13.7. The molecule has 2 fully saturated rings. The van der Waals surface area contributed by atoms with E-state index < -0.39 is 0 Å². The summed E-state index contributed by atoms with van der Waals surface area (Å²) in [6, 6.07) is 0.565. The van der Waals surface area contributed by atoms with Crippen LogP contribution in [0.3, 0.4) is 0 Å². The highest BCUT2D eigenvalue weighted by molar-refractivity contribution is 5.78. The number of rotatable bonds is 4. The summed E-state index contributed by atoms with van der Waals surface area (Å²) in [5.41, 5.74) is 0. The minimum Gasteiger partial charge on any atom is -0.342 e. The summed E-state index contributed by atoms with van der Waals surface area (Å²) in [6.07, 6.45) is 8.88. The predicted molar refractivity (Wildman–Crippen MR) is 79.0 cm³/mol. The Morgan fingerprint density at radius 3 is 2.53 bits per heavy atom. The largest absolute Gasteiger partial charge is 0.342 e. The van der Waals surface area contributed by atoms with Gasteiger partial charge in [-0.25, -0.2) is 0 Å². The second-order valence-electron chi connectivity index (χ2n) is 6.68. The van der Waals surface area contributed by atoms with Crippen molar-refractivity contribution in [2.45, 2.75) is 64.8 Å². The smallest absolute Gasteiger partial charge is 0.236 e. The van der Waals surface area contributed by atoms with Gasteiger partial charge in [0.25, 0.3) is 0 Å². The van der Waals surface area contributed by atoms with E-state index in [0.29, 0.717) is 18.5 Å². The molecule has 1 saturated carbocycles. The van der Waals surface area contributed by atoms with Crippen LogP contribution in [0, 0.1) is 11.8 Å². The van der Waals surface area contributed by atoms with Crippen LogP contribution in [0.2, 0.25) is 0 Å². The van der Waals surface area contributed by atoms with E-state index in [1.807, 2.05) is 4.90 Å². The number of hydrogen-bond acceptors (Lipinski definition) is 2. The quantitative estimate of drug-likeness (QED) is 0.794. The number of carbonyl (C=O) groups excluding carboxylic acids is 1. The maximum Gasteiger partial charge on any atom is 0.236 e. The number of likely N-dealkylation sites (tertiary alicyclic amines) is 1. The average Bonchev–Trinajstić information content (AvgIpc) is 2.81. The van der Waals surface area contributed by atoms with E-state index in [-0.39, 0.29) is 0 Å². The Bertz CT molecular complexity index is 284. The van der Waals surface area contributed by atoms with Gasteiger partial charge in [-0.2, -0.15) is 0 Å². The van der Waals surface area contributed by atoms with E-state index in [1.54, 1.807) is 0 Å². The van der Waals surface area contributed by atoms with Gasteiger partial charge < -0.3 is 10.2 Å². The van der Waals surface area contributed by atoms with Gasteiger partial charge in [0.1, 0.15) is 0 Å². The van der Waals surface area contributed by atoms with Crippen molar-refractivity contribution in [3.05, 3.63) is 0 Å². The molecule has 1 aliphatic carbocycles. The van der Waals surface area contributed by atoms with E-state index in [9.17, 15) is 4.79 Å². The maximum atomic E-state index is 12.0. The molecule has 2 atom stereocenters. The first-order chi connectivity index (χ1) is 9.16. The second kappa shape index (κ2) is 7.28. The molecule has 1 amide bonds. The number of nitrogens with zero attached hydrogens (tertiary/aromatic N) is 1. The molecule has 2 rings (SSSR count). The summed E-state index contributed by atoms with van der Waals surface area (Å²) in [7, 11) is 0. The third kappa shape index (κ3) is 4.48. The number of amides is 1. The minimum atomic E-state index is 0.308. The highest BCUT2D eigenvalue weighted by atomic mass is 16.2. The molecule has 0 aromatic carbocycles. The third-order valence-electron chi connectivity index (χ3n) is 4.96. The summed E-state index contributed by atoms with van der Waals surface area (Å²) in [4.78, 5) is 14.0. The molecule has 1 aliphatic heterocycles. The lowest BCUT2D eigenvalue weighted by Crippen LogP contribution is -2.40. The van der Waals surface area contributed by atoms with Gasteiger partial charge in [-0.1, -0.05) is 26.7 Å². The van der Waals surface area contributed by atoms with Crippen molar-refractivity contribution in [2.24, 2.45) is 11.8 Å². The van der Waals surface area contributed by atoms with Gasteiger partial charge in [-0.3, -0.25) is 4.79 Å². The number of nitrogens with one attached hydrogen (secondary N) is 1. The van der Waals surface area contributed by atoms with Crippen molar-refractivity contribution in [1.29, 1.82) is 0 Å². The molecule has 2 aliphatic rings. The molecule has 110 valence electrons. The lowest BCUT2D eigenvalue weighted by Gasteiger charge is -2.20. The Balaban J connectivity index is 1.69. The van der Waals surface area contributed by atoms with Crippen LogP contribution in [0.1, 0.15) is 58.8 Å². The second-order valence-corrected chi connectivity index (χ2v) is 6.68. The number of carbonyl (C=O) groups is 1. The molecule has 1 heterocycles. The fraction of sp³-hybridized carbons (Fsp3) is 0.938. The molecule has 0 spiro atoms. The average molecular weight is 266 g/mol. The molecule has 0 bridgehead atoms. The Kier molecular flexibility index (Phi) is 5.68. The monoisotopic (exact) mass is 266 g/mol. The van der Waals surface area contributed by atoms with Crippen LogP contribution in [0.4, 0.5) is 0 Å². The molecule has 19 heavy (non-hydrogen) atoms. The molecular weight excluding hydrogens is 236 g/mol. The Hall–Kier alpha value is -0.570. The Morgan fingerprint density at radius 2 is 1.84 bits per heavy atom. The predicted octanol–water partition coefficient (Wildman–Crippen LogP) is 2.80. The molecule has 1 saturated heterocycles. The fourth-order valence-electron chi connectivity index (χ4n) is 3.51. The summed E-state index contributed by atoms with van der Waals surface area (Å²) < 4.78 is 0. The van der Waals surface area contributed by atoms with Crippen molar-refractivity contribution < 1.29 is 4.79 Å². The molecule has 3 heteroatoms. The highest BCUT2D eigenvalue weighted by Gasteiger charge is 2.22. The zero-order valence-corrected chi connectivity index (χ0v) is 12.7. The van der Waals surface area contributed by atoms with Crippen LogP contribution in [0.25, 0.3) is 0 Å². The first-order valence-corrected chi connectivity index (χ1v) is 8.18. The van der Waals surface area contributed by atoms with Crippen molar-refractivity contribution in [3.8, 4) is 0 Å². The van der Waals surface area contributed by atoms with E-state index >= 15 is 0 Å². The summed E-state index contributed by atoms with van der Waals surface area (Å²) >= 11 is 0. The lowest BCUT2D eigenvalue weighted by molar-refractivity contribution is -0.129. The van der Waals surface area contributed by atoms with Crippen molar-refractivity contribution in [1.82, 2.24) is 10.2 Å². The van der Waals surface area contributed by atoms with Crippen molar-refractivity contribution in [3.63, 3.8) is 0 Å². The summed E-state index contributed by atoms with van der Waals surface area (Å²) in [6.45, 7) is 7.18. The van der Waals surface area contributed by atoms with E-state index in [2.05, 4.69) is 19.2 Å². The molecule has 0 aromatic rings. The topological polar surface area (TPSA) is 32.3 Å². The molecule has 0 radical (unpaired) electrons. The van der Waals surface area contributed by atoms with Crippen molar-refractivity contribution in [2.75, 3.05) is 19.6 Å². The van der Waals surface area contributed by atoms with Crippen LogP contribution in [-0.4, -0.2) is 36.5 Å². The molecule has 0 aromatic heterocycles.